The second-order valence-corrected chi connectivity index (χ2v) is 15.0. The number of hydrogen-bond acceptors (Lipinski definition) is 2. The van der Waals surface area contributed by atoms with Crippen molar-refractivity contribution >= 4 is 35.7 Å². The Labute approximate surface area is 289 Å². The third kappa shape index (κ3) is 8.11. The molecule has 3 fully saturated rings. The summed E-state index contributed by atoms with van der Waals surface area (Å²) in [6, 6.07) is 23.8. The van der Waals surface area contributed by atoms with E-state index in [1.807, 2.05) is 6.07 Å². The molecule has 0 amide bonds. The maximum Gasteiger partial charge on any atom is 0.129 e. The molecule has 2 nitrogen and oxygen atoms in total. The first-order chi connectivity index (χ1) is 22.9. The molecule has 0 spiro atoms. The van der Waals surface area contributed by atoms with Gasteiger partial charge >= 0.3 is 0 Å². The Morgan fingerprint density at radius 2 is 1.68 bits per heavy atom. The number of aromatic nitrogens is 1. The Morgan fingerprint density at radius 3 is 2.32 bits per heavy atom. The minimum absolute atomic E-state index is 0.208. The normalized spacial score (nSPS) is 16.5. The van der Waals surface area contributed by atoms with E-state index in [9.17, 15) is 0 Å². The van der Waals surface area contributed by atoms with Crippen molar-refractivity contribution in [3.63, 3.8) is 0 Å². The number of fused-ring (bicyclic) bond motifs is 1. The lowest BCUT2D eigenvalue weighted by atomic mass is 9.68. The van der Waals surface area contributed by atoms with Crippen LogP contribution >= 0.6 is 12.6 Å². The smallest absolute Gasteiger partial charge is 0.129 e. The highest BCUT2D eigenvalue weighted by Gasteiger charge is 2.38. The van der Waals surface area contributed by atoms with Crippen LogP contribution in [0.2, 0.25) is 0 Å². The van der Waals surface area contributed by atoms with Crippen molar-refractivity contribution in [2.24, 2.45) is 5.92 Å². The Kier molecular flexibility index (Phi) is 11.0. The van der Waals surface area contributed by atoms with E-state index in [0.717, 1.165) is 29.0 Å². The standard InChI is InChI=1S/C24H33NO.C20H22S/c1-4-5-16-25-17-15-20-21(25)13-8-14-22(20)26-24(2,3)23(18-9-6-10-18)19-11-7-12-19;1-2-6-17-13-18(10-9-15-7-4-3-5-8-15)20(21)14-19(17)16-11-12-16/h8,13-15,17-18H,4-7,9-12,16H2,1-3H3;3-5,7-10,13-14,16,21H,2,6,11-12H2,1H3/b;10-9+. The number of rotatable bonds is 12. The van der Waals surface area contributed by atoms with Crippen molar-refractivity contribution in [3.8, 4) is 5.75 Å². The van der Waals surface area contributed by atoms with Crippen LogP contribution in [0.4, 0.5) is 0 Å². The molecule has 1 heterocycles. The molecule has 0 saturated heterocycles. The zero-order chi connectivity index (χ0) is 32.8. The van der Waals surface area contributed by atoms with Gasteiger partial charge in [-0.2, -0.15) is 0 Å². The monoisotopic (exact) mass is 645 g/mol. The van der Waals surface area contributed by atoms with Gasteiger partial charge in [0.15, 0.2) is 0 Å². The average Bonchev–Trinajstić information content (AvgIpc) is 3.78. The molecular weight excluding hydrogens is 591 g/mol. The summed E-state index contributed by atoms with van der Waals surface area (Å²) in [4.78, 5) is 1.10. The first-order valence-electron chi connectivity index (χ1n) is 18.5. The van der Waals surface area contributed by atoms with E-state index < -0.39 is 0 Å². The molecule has 3 aromatic carbocycles. The minimum Gasteiger partial charge on any atom is -0.483 e. The molecule has 47 heavy (non-hydrogen) atoms. The van der Waals surface area contributed by atoms with Gasteiger partial charge in [0.05, 0.1) is 5.52 Å². The van der Waals surface area contributed by atoms with E-state index in [-0.39, 0.29) is 5.60 Å². The maximum atomic E-state index is 6.74. The predicted molar refractivity (Wildman–Crippen MR) is 205 cm³/mol. The molecule has 1 aromatic heterocycles. The van der Waals surface area contributed by atoms with Crippen LogP contribution in [-0.4, -0.2) is 10.2 Å². The fraction of sp³-hybridized carbons (Fsp3) is 0.455. The Balaban J connectivity index is 0.000000168. The van der Waals surface area contributed by atoms with Crippen LogP contribution in [0.25, 0.3) is 23.1 Å². The van der Waals surface area contributed by atoms with Gasteiger partial charge in [-0.1, -0.05) is 93.3 Å². The van der Waals surface area contributed by atoms with Crippen molar-refractivity contribution in [2.75, 3.05) is 0 Å². The van der Waals surface area contributed by atoms with E-state index in [1.54, 1.807) is 16.7 Å². The second-order valence-electron chi connectivity index (χ2n) is 14.5. The Bertz CT molecular complexity index is 1690. The SMILES string of the molecule is CCCCn1ccc2c(OC(C)(C)C(=C3CCC3)C3CCC3)cccc21.CCCc1cc(/C=C/c2ccccc2)c(S)cc1C1CC1. The van der Waals surface area contributed by atoms with E-state index in [2.05, 4.69) is 111 Å². The zero-order valence-corrected chi connectivity index (χ0v) is 30.1. The van der Waals surface area contributed by atoms with Gasteiger partial charge in [-0.25, -0.2) is 0 Å². The number of ether oxygens (including phenoxy) is 1. The first-order valence-corrected chi connectivity index (χ1v) is 18.9. The first kappa shape index (κ1) is 33.7. The van der Waals surface area contributed by atoms with Crippen LogP contribution < -0.4 is 4.74 Å². The van der Waals surface area contributed by atoms with Crippen LogP contribution in [0.5, 0.6) is 5.75 Å². The molecule has 3 aliphatic carbocycles. The summed E-state index contributed by atoms with van der Waals surface area (Å²) < 4.78 is 9.11. The summed E-state index contributed by atoms with van der Waals surface area (Å²) in [7, 11) is 0. The van der Waals surface area contributed by atoms with Crippen LogP contribution in [0.15, 0.2) is 89.0 Å². The van der Waals surface area contributed by atoms with Crippen LogP contribution in [-0.2, 0) is 13.0 Å². The number of hydrogen-bond donors (Lipinski definition) is 1. The van der Waals surface area contributed by atoms with Crippen molar-refractivity contribution in [1.82, 2.24) is 4.57 Å². The third-order valence-electron chi connectivity index (χ3n) is 10.5. The van der Waals surface area contributed by atoms with Gasteiger partial charge in [0.2, 0.25) is 0 Å². The average molecular weight is 646 g/mol. The highest BCUT2D eigenvalue weighted by atomic mass is 32.1. The molecule has 7 rings (SSSR count). The van der Waals surface area contributed by atoms with Gasteiger partial charge in [0.1, 0.15) is 11.4 Å². The van der Waals surface area contributed by atoms with Gasteiger partial charge < -0.3 is 9.30 Å². The van der Waals surface area contributed by atoms with Gasteiger partial charge in [-0.3, -0.25) is 0 Å². The molecule has 0 bridgehead atoms. The summed E-state index contributed by atoms with van der Waals surface area (Å²) in [6.45, 7) is 10.2. The third-order valence-corrected chi connectivity index (χ3v) is 10.9. The van der Waals surface area contributed by atoms with Crippen LogP contribution in [0, 0.1) is 5.92 Å². The quantitative estimate of drug-likeness (QED) is 0.0920. The molecule has 0 radical (unpaired) electrons. The number of allylic oxidation sites excluding steroid dienone is 1. The summed E-state index contributed by atoms with van der Waals surface area (Å²) in [5, 5.41) is 1.25. The van der Waals surface area contributed by atoms with Gasteiger partial charge in [0, 0.05) is 23.0 Å². The van der Waals surface area contributed by atoms with Crippen LogP contribution in [0.1, 0.15) is 126 Å². The van der Waals surface area contributed by atoms with Crippen molar-refractivity contribution < 1.29 is 4.74 Å². The Morgan fingerprint density at radius 1 is 0.894 bits per heavy atom. The van der Waals surface area contributed by atoms with Crippen molar-refractivity contribution in [3.05, 3.63) is 106 Å². The van der Waals surface area contributed by atoms with Gasteiger partial charge in [0.25, 0.3) is 0 Å². The summed E-state index contributed by atoms with van der Waals surface area (Å²) in [6.07, 6.45) is 22.1. The number of nitrogens with zero attached hydrogens (tertiary/aromatic N) is 1. The summed E-state index contributed by atoms with van der Waals surface area (Å²) in [5.41, 5.74) is 9.92. The van der Waals surface area contributed by atoms with Crippen LogP contribution in [0.3, 0.4) is 0 Å². The lowest BCUT2D eigenvalue weighted by Crippen LogP contribution is -2.38. The largest absolute Gasteiger partial charge is 0.483 e. The lowest BCUT2D eigenvalue weighted by molar-refractivity contribution is 0.121. The van der Waals surface area contributed by atoms with Crippen molar-refractivity contribution in [2.45, 2.75) is 128 Å². The van der Waals surface area contributed by atoms with Gasteiger partial charge in [-0.15, -0.1) is 12.6 Å². The number of unbranched alkanes of at least 4 members (excludes halogenated alkanes) is 1. The minimum atomic E-state index is -0.208. The molecule has 4 aromatic rings. The fourth-order valence-corrected chi connectivity index (χ4v) is 7.75. The Hall–Kier alpha value is -3.17. The molecule has 0 atom stereocenters. The molecule has 0 unspecified atom stereocenters. The number of aryl methyl sites for hydroxylation is 2. The highest BCUT2D eigenvalue weighted by molar-refractivity contribution is 7.80. The summed E-state index contributed by atoms with van der Waals surface area (Å²) >= 11 is 4.70. The number of benzene rings is 3. The molecule has 3 saturated carbocycles. The molecule has 248 valence electrons. The number of thiol groups is 1. The van der Waals surface area contributed by atoms with Crippen molar-refractivity contribution in [1.29, 1.82) is 0 Å². The fourth-order valence-electron chi connectivity index (χ4n) is 7.48. The topological polar surface area (TPSA) is 14.2 Å². The maximum absolute atomic E-state index is 6.74. The molecule has 0 aliphatic heterocycles. The van der Waals surface area contributed by atoms with E-state index >= 15 is 0 Å². The molecule has 0 N–H and O–H groups in total. The van der Waals surface area contributed by atoms with Gasteiger partial charge in [-0.05, 0) is 136 Å². The molecule has 3 heteroatoms. The predicted octanol–water partition coefficient (Wildman–Crippen LogP) is 12.9. The molecule has 3 aliphatic rings. The van der Waals surface area contributed by atoms with E-state index in [0.29, 0.717) is 0 Å². The lowest BCUT2D eigenvalue weighted by Gasteiger charge is -2.42. The zero-order valence-electron chi connectivity index (χ0n) is 29.2. The summed E-state index contributed by atoms with van der Waals surface area (Å²) in [5.74, 6) is 2.60. The molecular formula is C44H55NOS. The second kappa shape index (κ2) is 15.4. The van der Waals surface area contributed by atoms with E-state index in [1.165, 1.54) is 105 Å². The van der Waals surface area contributed by atoms with E-state index in [4.69, 9.17) is 17.4 Å². The highest BCUT2D eigenvalue weighted by Crippen LogP contribution is 2.47.